The molecule has 9 heteroatoms. The molecule has 3 N–H and O–H groups in total. The molecule has 1 unspecified atom stereocenters. The lowest BCUT2D eigenvalue weighted by molar-refractivity contribution is -0.127. The van der Waals surface area contributed by atoms with Crippen LogP contribution in [0.1, 0.15) is 76.5 Å². The van der Waals surface area contributed by atoms with E-state index in [2.05, 4.69) is 16.0 Å². The molecule has 0 bridgehead atoms. The summed E-state index contributed by atoms with van der Waals surface area (Å²) in [7, 11) is 0. The van der Waals surface area contributed by atoms with E-state index < -0.39 is 35.6 Å². The first-order chi connectivity index (χ1) is 19.1. The number of unbranched alkanes of at least 4 members (excludes halogenated alkanes) is 2. The van der Waals surface area contributed by atoms with E-state index in [1.807, 2.05) is 69.3 Å². The van der Waals surface area contributed by atoms with Crippen LogP contribution in [0.3, 0.4) is 0 Å². The van der Waals surface area contributed by atoms with E-state index in [0.717, 1.165) is 24.0 Å². The average Bonchev–Trinajstić information content (AvgIpc) is 3.35. The van der Waals surface area contributed by atoms with Gasteiger partial charge < -0.3 is 25.5 Å². The first kappa shape index (κ1) is 31.1. The Balaban J connectivity index is 1.77. The Bertz CT molecular complexity index is 1160. The summed E-state index contributed by atoms with van der Waals surface area (Å²) >= 11 is 6.27. The van der Waals surface area contributed by atoms with Crippen LogP contribution in [-0.4, -0.2) is 42.8 Å². The highest BCUT2D eigenvalue weighted by Crippen LogP contribution is 2.40. The van der Waals surface area contributed by atoms with Crippen LogP contribution in [-0.2, 0) is 24.5 Å². The molecule has 3 rings (SSSR count). The molecule has 2 aromatic rings. The molecular formula is C31H40ClN3O5. The van der Waals surface area contributed by atoms with Gasteiger partial charge >= 0.3 is 6.09 Å². The summed E-state index contributed by atoms with van der Waals surface area (Å²) in [5.74, 6) is -0.919. The lowest BCUT2D eigenvalue weighted by atomic mass is 9.76. The van der Waals surface area contributed by atoms with E-state index in [4.69, 9.17) is 16.3 Å². The van der Waals surface area contributed by atoms with Crippen LogP contribution in [0.2, 0.25) is 5.02 Å². The van der Waals surface area contributed by atoms with Gasteiger partial charge in [0.15, 0.2) is 0 Å². The number of carbonyl (C=O) groups excluding carboxylic acids is 4. The van der Waals surface area contributed by atoms with Crippen LogP contribution < -0.4 is 16.0 Å². The van der Waals surface area contributed by atoms with Gasteiger partial charge in [0.2, 0.25) is 11.8 Å². The van der Waals surface area contributed by atoms with Crippen LogP contribution >= 0.6 is 11.6 Å². The zero-order chi connectivity index (χ0) is 29.1. The first-order valence-electron chi connectivity index (χ1n) is 14.0. The van der Waals surface area contributed by atoms with Crippen molar-refractivity contribution in [3.05, 3.63) is 70.7 Å². The van der Waals surface area contributed by atoms with Crippen LogP contribution in [0.4, 0.5) is 4.79 Å². The Kier molecular flexibility index (Phi) is 11.6. The van der Waals surface area contributed by atoms with Gasteiger partial charge in [0, 0.05) is 22.9 Å². The molecule has 1 aliphatic rings. The lowest BCUT2D eigenvalue weighted by Crippen LogP contribution is -2.51. The number of benzene rings is 2. The number of ether oxygens (including phenoxy) is 1. The Morgan fingerprint density at radius 3 is 2.50 bits per heavy atom. The molecule has 0 aliphatic carbocycles. The molecule has 216 valence electrons. The van der Waals surface area contributed by atoms with Crippen LogP contribution in [0, 0.1) is 5.92 Å². The number of aldehydes is 1. The van der Waals surface area contributed by atoms with Gasteiger partial charge in [-0.2, -0.15) is 0 Å². The van der Waals surface area contributed by atoms with E-state index in [9.17, 15) is 19.2 Å². The smallest absolute Gasteiger partial charge is 0.408 e. The number of hydrogen-bond acceptors (Lipinski definition) is 5. The quantitative estimate of drug-likeness (QED) is 0.212. The average molecular weight is 570 g/mol. The zero-order valence-electron chi connectivity index (χ0n) is 23.5. The normalized spacial score (nSPS) is 17.3. The molecule has 0 saturated carbocycles. The minimum Gasteiger partial charge on any atom is -0.440 e. The van der Waals surface area contributed by atoms with Crippen molar-refractivity contribution < 1.29 is 23.9 Å². The Morgan fingerprint density at radius 2 is 1.88 bits per heavy atom. The largest absolute Gasteiger partial charge is 0.440 e. The van der Waals surface area contributed by atoms with Crippen LogP contribution in [0.5, 0.6) is 0 Å². The van der Waals surface area contributed by atoms with Gasteiger partial charge in [-0.15, -0.1) is 0 Å². The van der Waals surface area contributed by atoms with Gasteiger partial charge in [0.25, 0.3) is 0 Å². The summed E-state index contributed by atoms with van der Waals surface area (Å²) in [6, 6.07) is 15.1. The molecule has 4 atom stereocenters. The predicted molar refractivity (Wildman–Crippen MR) is 155 cm³/mol. The maximum atomic E-state index is 13.3. The molecule has 0 aromatic heterocycles. The van der Waals surface area contributed by atoms with E-state index in [0.29, 0.717) is 37.1 Å². The maximum absolute atomic E-state index is 13.3. The van der Waals surface area contributed by atoms with Crippen molar-refractivity contribution in [3.8, 4) is 0 Å². The number of nitrogens with one attached hydrogen (secondary N) is 3. The van der Waals surface area contributed by atoms with E-state index in [1.165, 1.54) is 0 Å². The van der Waals surface area contributed by atoms with E-state index in [-0.39, 0.29) is 18.2 Å². The first-order valence-corrected chi connectivity index (χ1v) is 14.3. The van der Waals surface area contributed by atoms with Gasteiger partial charge in [-0.25, -0.2) is 4.79 Å². The van der Waals surface area contributed by atoms with E-state index in [1.54, 1.807) is 6.07 Å². The molecule has 1 aliphatic heterocycles. The SMILES string of the molecule is CCCCC[C@H](NC(=O)OC(c1ccccc1)C(C)(C)c1cccc(Cl)c1)C(=O)N[C@H](C=O)C[C@@H]1CCNC1=O. The summed E-state index contributed by atoms with van der Waals surface area (Å²) in [6.07, 6.45) is 2.98. The van der Waals surface area contributed by atoms with Gasteiger partial charge in [0.05, 0.1) is 6.04 Å². The standard InChI is InChI=1S/C31H40ClN3O5/c1-4-5-7-15-26(29(38)34-25(20-36)18-22-16-17-33-28(22)37)35-30(39)40-27(21-11-8-6-9-12-21)31(2,3)23-13-10-14-24(32)19-23/h6,8-14,19-20,22,25-27H,4-5,7,15-18H2,1-3H3,(H,33,37)(H,34,38)(H,35,39)/t22-,25-,26-,27?/m0/s1. The number of alkyl carbamates (subject to hydrolysis) is 1. The van der Waals surface area contributed by atoms with Crippen molar-refractivity contribution in [2.75, 3.05) is 6.54 Å². The minimum atomic E-state index is -0.899. The van der Waals surface area contributed by atoms with Crippen molar-refractivity contribution in [2.24, 2.45) is 5.92 Å². The Hall–Kier alpha value is -3.39. The Labute approximate surface area is 241 Å². The number of rotatable bonds is 14. The van der Waals surface area contributed by atoms with Gasteiger partial charge in [-0.3, -0.25) is 9.59 Å². The molecule has 0 spiro atoms. The molecule has 40 heavy (non-hydrogen) atoms. The molecule has 2 aromatic carbocycles. The highest BCUT2D eigenvalue weighted by molar-refractivity contribution is 6.30. The second kappa shape index (κ2) is 14.8. The summed E-state index contributed by atoms with van der Waals surface area (Å²) in [5, 5.41) is 8.79. The second-order valence-corrected chi connectivity index (χ2v) is 11.3. The zero-order valence-corrected chi connectivity index (χ0v) is 24.2. The summed E-state index contributed by atoms with van der Waals surface area (Å²) < 4.78 is 6.04. The molecule has 8 nitrogen and oxygen atoms in total. The predicted octanol–water partition coefficient (Wildman–Crippen LogP) is 5.24. The summed E-state index contributed by atoms with van der Waals surface area (Å²) in [5.41, 5.74) is 1.03. The minimum absolute atomic E-state index is 0.114. The molecule has 3 amide bonds. The third kappa shape index (κ3) is 8.55. The van der Waals surface area contributed by atoms with Gasteiger partial charge in [-0.05, 0) is 42.5 Å². The summed E-state index contributed by atoms with van der Waals surface area (Å²) in [6.45, 7) is 6.56. The summed E-state index contributed by atoms with van der Waals surface area (Å²) in [4.78, 5) is 50.3. The number of amides is 3. The highest BCUT2D eigenvalue weighted by Gasteiger charge is 2.37. The van der Waals surface area contributed by atoms with Crippen molar-refractivity contribution in [1.29, 1.82) is 0 Å². The highest BCUT2D eigenvalue weighted by atomic mass is 35.5. The molecule has 1 saturated heterocycles. The molecule has 1 heterocycles. The van der Waals surface area contributed by atoms with Crippen molar-refractivity contribution in [1.82, 2.24) is 16.0 Å². The third-order valence-corrected chi connectivity index (χ3v) is 7.68. The molecule has 0 radical (unpaired) electrons. The second-order valence-electron chi connectivity index (χ2n) is 10.9. The molecular weight excluding hydrogens is 530 g/mol. The monoisotopic (exact) mass is 569 g/mol. The number of hydrogen-bond donors (Lipinski definition) is 3. The fourth-order valence-electron chi connectivity index (χ4n) is 5.06. The molecule has 1 fully saturated rings. The Morgan fingerprint density at radius 1 is 1.12 bits per heavy atom. The van der Waals surface area contributed by atoms with Crippen LogP contribution in [0.25, 0.3) is 0 Å². The van der Waals surface area contributed by atoms with Gasteiger partial charge in [0.1, 0.15) is 18.4 Å². The van der Waals surface area contributed by atoms with E-state index >= 15 is 0 Å². The van der Waals surface area contributed by atoms with Crippen molar-refractivity contribution in [3.63, 3.8) is 0 Å². The number of carbonyl (C=O) groups is 4. The lowest BCUT2D eigenvalue weighted by Gasteiger charge is -2.35. The van der Waals surface area contributed by atoms with Crippen molar-refractivity contribution in [2.45, 2.75) is 82.9 Å². The number of halogens is 1. The fraction of sp³-hybridized carbons (Fsp3) is 0.484. The van der Waals surface area contributed by atoms with Crippen LogP contribution in [0.15, 0.2) is 54.6 Å². The fourth-order valence-corrected chi connectivity index (χ4v) is 5.25. The third-order valence-electron chi connectivity index (χ3n) is 7.45. The van der Waals surface area contributed by atoms with Crippen molar-refractivity contribution >= 4 is 35.8 Å². The maximum Gasteiger partial charge on any atom is 0.408 e. The van der Waals surface area contributed by atoms with Gasteiger partial charge in [-0.1, -0.05) is 94.1 Å². The topological polar surface area (TPSA) is 114 Å².